The molecule has 0 aliphatic heterocycles. The molecule has 0 bridgehead atoms. The van der Waals surface area contributed by atoms with E-state index in [0.717, 1.165) is 6.42 Å². The van der Waals surface area contributed by atoms with Crippen LogP contribution in [0.15, 0.2) is 0 Å². The molecule has 0 saturated heterocycles. The van der Waals surface area contributed by atoms with E-state index in [1.807, 2.05) is 13.0 Å². The predicted molar refractivity (Wildman–Crippen MR) is 50.7 cm³/mol. The predicted octanol–water partition coefficient (Wildman–Crippen LogP) is 0.534. The fourth-order valence-corrected chi connectivity index (χ4v) is 1.07. The zero-order chi connectivity index (χ0) is 10.3. The topological polar surface area (TPSA) is 78.9 Å². The van der Waals surface area contributed by atoms with E-state index in [2.05, 4.69) is 5.32 Å². The first-order valence-corrected chi connectivity index (χ1v) is 4.48. The molecule has 0 aromatic rings. The summed E-state index contributed by atoms with van der Waals surface area (Å²) >= 11 is 0. The molecule has 0 saturated carbocycles. The minimum Gasteiger partial charge on any atom is -0.353 e. The molecule has 3 N–H and O–H groups in total. The van der Waals surface area contributed by atoms with E-state index in [1.165, 1.54) is 0 Å². The third kappa shape index (κ3) is 4.48. The van der Waals surface area contributed by atoms with Crippen molar-refractivity contribution < 1.29 is 4.79 Å². The van der Waals surface area contributed by atoms with Gasteiger partial charge in [0.1, 0.15) is 0 Å². The highest BCUT2D eigenvalue weighted by molar-refractivity contribution is 5.85. The molecule has 0 aromatic carbocycles. The highest BCUT2D eigenvalue weighted by Crippen LogP contribution is 2.07. The molecule has 1 unspecified atom stereocenters. The van der Waals surface area contributed by atoms with Crippen LogP contribution < -0.4 is 11.1 Å². The second-order valence-electron chi connectivity index (χ2n) is 3.33. The minimum atomic E-state index is -0.801. The maximum Gasteiger partial charge on any atom is 0.239 e. The molecule has 1 amide bonds. The van der Waals surface area contributed by atoms with Gasteiger partial charge >= 0.3 is 0 Å². The van der Waals surface area contributed by atoms with Crippen LogP contribution in [0.2, 0.25) is 0 Å². The Bertz CT molecular complexity index is 205. The van der Waals surface area contributed by atoms with Crippen molar-refractivity contribution in [2.75, 3.05) is 6.54 Å². The van der Waals surface area contributed by atoms with E-state index < -0.39 is 5.54 Å². The number of carbonyl (C=O) groups is 1. The quantitative estimate of drug-likeness (QED) is 0.610. The van der Waals surface area contributed by atoms with Crippen LogP contribution in [0.25, 0.3) is 0 Å². The summed E-state index contributed by atoms with van der Waals surface area (Å²) < 4.78 is 0. The average Bonchev–Trinajstić information content (AvgIpc) is 2.04. The molecule has 0 spiro atoms. The van der Waals surface area contributed by atoms with Crippen LogP contribution in [-0.4, -0.2) is 18.0 Å². The molecule has 0 rings (SSSR count). The number of nitriles is 1. The van der Waals surface area contributed by atoms with Crippen molar-refractivity contribution in [3.63, 3.8) is 0 Å². The standard InChI is InChI=1S/C9H17N3O/c1-3-5-9(2,11)8(13)12-7-4-6-10/h3-5,7,11H2,1-2H3,(H,12,13). The van der Waals surface area contributed by atoms with Crippen molar-refractivity contribution in [1.82, 2.24) is 5.32 Å². The Hall–Kier alpha value is -1.08. The fraction of sp³-hybridized carbons (Fsp3) is 0.778. The number of hydrogen-bond acceptors (Lipinski definition) is 3. The molecular weight excluding hydrogens is 166 g/mol. The fourth-order valence-electron chi connectivity index (χ4n) is 1.07. The minimum absolute atomic E-state index is 0.176. The molecule has 0 radical (unpaired) electrons. The van der Waals surface area contributed by atoms with E-state index in [9.17, 15) is 4.79 Å². The van der Waals surface area contributed by atoms with Crippen molar-refractivity contribution in [3.8, 4) is 6.07 Å². The summed E-state index contributed by atoms with van der Waals surface area (Å²) in [6.45, 7) is 4.07. The molecule has 13 heavy (non-hydrogen) atoms. The van der Waals surface area contributed by atoms with E-state index >= 15 is 0 Å². The Morgan fingerprint density at radius 2 is 2.31 bits per heavy atom. The van der Waals surface area contributed by atoms with Crippen molar-refractivity contribution in [3.05, 3.63) is 0 Å². The molecule has 0 aromatic heterocycles. The second kappa shape index (κ2) is 5.55. The molecule has 0 heterocycles. The van der Waals surface area contributed by atoms with Crippen molar-refractivity contribution in [2.24, 2.45) is 5.73 Å². The van der Waals surface area contributed by atoms with Gasteiger partial charge in [0, 0.05) is 6.54 Å². The zero-order valence-electron chi connectivity index (χ0n) is 8.26. The SMILES string of the molecule is CCCC(C)(N)C(=O)NCCC#N. The Morgan fingerprint density at radius 3 is 2.77 bits per heavy atom. The molecule has 1 atom stereocenters. The van der Waals surface area contributed by atoms with Gasteiger partial charge in [0.05, 0.1) is 18.0 Å². The highest BCUT2D eigenvalue weighted by atomic mass is 16.2. The van der Waals surface area contributed by atoms with Crippen molar-refractivity contribution in [2.45, 2.75) is 38.6 Å². The van der Waals surface area contributed by atoms with Gasteiger partial charge < -0.3 is 11.1 Å². The first kappa shape index (κ1) is 11.9. The first-order chi connectivity index (χ1) is 6.04. The molecular formula is C9H17N3O. The lowest BCUT2D eigenvalue weighted by Gasteiger charge is -2.22. The highest BCUT2D eigenvalue weighted by Gasteiger charge is 2.26. The lowest BCUT2D eigenvalue weighted by molar-refractivity contribution is -0.126. The van der Waals surface area contributed by atoms with E-state index in [1.54, 1.807) is 6.92 Å². The number of rotatable bonds is 5. The van der Waals surface area contributed by atoms with Crippen LogP contribution in [0.4, 0.5) is 0 Å². The summed E-state index contributed by atoms with van der Waals surface area (Å²) in [4.78, 5) is 11.4. The normalized spacial score (nSPS) is 14.3. The van der Waals surface area contributed by atoms with Crippen LogP contribution >= 0.6 is 0 Å². The molecule has 74 valence electrons. The lowest BCUT2D eigenvalue weighted by Crippen LogP contribution is -2.51. The van der Waals surface area contributed by atoms with E-state index in [4.69, 9.17) is 11.0 Å². The summed E-state index contributed by atoms with van der Waals surface area (Å²) in [7, 11) is 0. The van der Waals surface area contributed by atoms with Gasteiger partial charge in [0.25, 0.3) is 0 Å². The Balaban J connectivity index is 3.88. The van der Waals surface area contributed by atoms with Crippen LogP contribution in [0.3, 0.4) is 0 Å². The third-order valence-electron chi connectivity index (χ3n) is 1.81. The third-order valence-corrected chi connectivity index (χ3v) is 1.81. The van der Waals surface area contributed by atoms with Gasteiger partial charge in [-0.3, -0.25) is 4.79 Å². The lowest BCUT2D eigenvalue weighted by atomic mass is 9.96. The summed E-state index contributed by atoms with van der Waals surface area (Å²) in [5, 5.41) is 10.9. The second-order valence-corrected chi connectivity index (χ2v) is 3.33. The van der Waals surface area contributed by atoms with Crippen molar-refractivity contribution in [1.29, 1.82) is 5.26 Å². The Morgan fingerprint density at radius 1 is 1.69 bits per heavy atom. The largest absolute Gasteiger partial charge is 0.353 e. The van der Waals surface area contributed by atoms with Crippen LogP contribution in [0.5, 0.6) is 0 Å². The number of carbonyl (C=O) groups excluding carboxylic acids is 1. The van der Waals surface area contributed by atoms with E-state index in [-0.39, 0.29) is 5.91 Å². The van der Waals surface area contributed by atoms with Gasteiger partial charge in [-0.2, -0.15) is 5.26 Å². The monoisotopic (exact) mass is 183 g/mol. The van der Waals surface area contributed by atoms with Gasteiger partial charge in [-0.15, -0.1) is 0 Å². The molecule has 0 aliphatic rings. The Labute approximate surface area is 79.1 Å². The van der Waals surface area contributed by atoms with Crippen LogP contribution in [0, 0.1) is 11.3 Å². The zero-order valence-corrected chi connectivity index (χ0v) is 8.26. The number of nitrogens with zero attached hydrogens (tertiary/aromatic N) is 1. The number of nitrogens with two attached hydrogens (primary N) is 1. The van der Waals surface area contributed by atoms with Gasteiger partial charge in [0.2, 0.25) is 5.91 Å². The molecule has 4 nitrogen and oxygen atoms in total. The number of nitrogens with one attached hydrogen (secondary N) is 1. The summed E-state index contributed by atoms with van der Waals surface area (Å²) in [5.74, 6) is -0.176. The molecule has 0 fully saturated rings. The summed E-state index contributed by atoms with van der Waals surface area (Å²) in [6, 6.07) is 1.95. The van der Waals surface area contributed by atoms with E-state index in [0.29, 0.717) is 19.4 Å². The number of amides is 1. The Kier molecular flexibility index (Phi) is 5.09. The maximum absolute atomic E-state index is 11.4. The summed E-state index contributed by atoms with van der Waals surface area (Å²) in [6.07, 6.45) is 1.86. The van der Waals surface area contributed by atoms with Crippen LogP contribution in [0.1, 0.15) is 33.1 Å². The van der Waals surface area contributed by atoms with Gasteiger partial charge in [-0.05, 0) is 13.3 Å². The molecule has 0 aliphatic carbocycles. The maximum atomic E-state index is 11.4. The summed E-state index contributed by atoms with van der Waals surface area (Å²) in [5.41, 5.74) is 4.96. The smallest absolute Gasteiger partial charge is 0.239 e. The van der Waals surface area contributed by atoms with Crippen molar-refractivity contribution >= 4 is 5.91 Å². The average molecular weight is 183 g/mol. The first-order valence-electron chi connectivity index (χ1n) is 4.48. The van der Waals surface area contributed by atoms with Gasteiger partial charge in [-0.1, -0.05) is 13.3 Å². The number of hydrogen-bond donors (Lipinski definition) is 2. The van der Waals surface area contributed by atoms with Gasteiger partial charge in [0.15, 0.2) is 0 Å². The molecule has 4 heteroatoms. The van der Waals surface area contributed by atoms with Gasteiger partial charge in [-0.25, -0.2) is 0 Å². The van der Waals surface area contributed by atoms with Crippen LogP contribution in [-0.2, 0) is 4.79 Å².